The summed E-state index contributed by atoms with van der Waals surface area (Å²) in [5, 5.41) is 17.1. The fraction of sp³-hybridized carbons (Fsp3) is 0.389. The lowest BCUT2D eigenvalue weighted by Crippen LogP contribution is -2.70. The third-order valence-corrected chi connectivity index (χ3v) is 7.32. The van der Waals surface area contributed by atoms with E-state index in [1.54, 1.807) is 0 Å². The smallest absolute Gasteiger partial charge is 0.352 e. The van der Waals surface area contributed by atoms with E-state index in [9.17, 15) is 29.2 Å². The molecule has 4 N–H and O–H groups in total. The van der Waals surface area contributed by atoms with Crippen LogP contribution in [-0.2, 0) is 24.0 Å². The number of aliphatic carboxylic acids is 1. The maximum Gasteiger partial charge on any atom is 0.352 e. The monoisotopic (exact) mass is 494 g/mol. The number of carboxylic acid groups (broad SMARTS) is 1. The lowest BCUT2D eigenvalue weighted by molar-refractivity contribution is -0.164. The molecule has 2 saturated heterocycles. The van der Waals surface area contributed by atoms with Crippen molar-refractivity contribution in [3.05, 3.63) is 38.9 Å². The zero-order valence-electron chi connectivity index (χ0n) is 17.1. The van der Waals surface area contributed by atoms with Crippen molar-refractivity contribution in [1.82, 2.24) is 20.3 Å². The first-order chi connectivity index (χ1) is 15.8. The molecule has 3 atom stereocenters. The number of β-lactam (4-membered cyclic amide) rings is 1. The molecule has 3 amide bonds. The highest BCUT2D eigenvalue weighted by atomic mass is 32.2. The van der Waals surface area contributed by atoms with E-state index in [1.807, 2.05) is 0 Å². The fourth-order valence-corrected chi connectivity index (χ4v) is 5.64. The second-order valence-electron chi connectivity index (χ2n) is 7.20. The third kappa shape index (κ3) is 3.98. The molecule has 0 radical (unpaired) electrons. The van der Waals surface area contributed by atoms with Crippen LogP contribution in [-0.4, -0.2) is 74.6 Å². The number of nitrogens with two attached hydrogens (primary N) is 1. The molecule has 3 aliphatic rings. The number of aromatic nitrogens is 1. The Bertz CT molecular complexity index is 1120. The summed E-state index contributed by atoms with van der Waals surface area (Å²) in [5.74, 6) is -2.97. The molecule has 1 unspecified atom stereocenters. The number of nitroso groups, excluding NO2 is 1. The number of nitrogens with one attached hydrogen (secondary N) is 1. The summed E-state index contributed by atoms with van der Waals surface area (Å²) in [4.78, 5) is 70.7. The second kappa shape index (κ2) is 8.92. The Labute approximate surface area is 194 Å². The molecule has 1 aromatic heterocycles. The molecule has 0 spiro atoms. The number of carboxylic acids is 1. The number of nitrogen functional groups attached to an aromatic ring is 1. The van der Waals surface area contributed by atoms with Crippen molar-refractivity contribution in [2.24, 2.45) is 5.18 Å². The summed E-state index contributed by atoms with van der Waals surface area (Å²) in [7, 11) is 1.37. The molecule has 4 rings (SSSR count). The summed E-state index contributed by atoms with van der Waals surface area (Å²) >= 11 is 2.27. The van der Waals surface area contributed by atoms with Gasteiger partial charge >= 0.3 is 5.97 Å². The number of carbonyl (C=O) groups excluding carboxylic acids is 3. The average molecular weight is 495 g/mol. The van der Waals surface area contributed by atoms with Crippen LogP contribution in [0.3, 0.4) is 0 Å². The van der Waals surface area contributed by atoms with Gasteiger partial charge in [-0.3, -0.25) is 24.1 Å². The standard InChI is InChI=1S/C18H18N6O7S2/c1-31-23-3-2-7(14(23)26)4-8-5-32-16-11(15(27)24(16)12(8)17(28)29)21-13(25)10(22-30)9-6-33-18(19)20-9/h4,6,10-11,16H,2-3,5H2,1H3,(H2,19,20)(H,21,25)(H,28,29)/t10?,11-,16-/m1/s1. The van der Waals surface area contributed by atoms with Crippen LogP contribution in [0.15, 0.2) is 33.5 Å². The van der Waals surface area contributed by atoms with Gasteiger partial charge in [0.1, 0.15) is 17.1 Å². The summed E-state index contributed by atoms with van der Waals surface area (Å²) in [6.07, 6.45) is 1.86. The molecule has 3 aliphatic heterocycles. The number of anilines is 1. The minimum absolute atomic E-state index is 0.0660. The van der Waals surface area contributed by atoms with Crippen LogP contribution in [0.4, 0.5) is 5.13 Å². The van der Waals surface area contributed by atoms with Crippen LogP contribution in [0.25, 0.3) is 0 Å². The first-order valence-electron chi connectivity index (χ1n) is 9.58. The van der Waals surface area contributed by atoms with E-state index < -0.39 is 35.2 Å². The van der Waals surface area contributed by atoms with Gasteiger partial charge in [-0.1, -0.05) is 0 Å². The van der Waals surface area contributed by atoms with E-state index in [4.69, 9.17) is 10.6 Å². The van der Waals surface area contributed by atoms with Crippen molar-refractivity contribution in [1.29, 1.82) is 0 Å². The summed E-state index contributed by atoms with van der Waals surface area (Å²) in [6.45, 7) is 0.347. The van der Waals surface area contributed by atoms with Crippen molar-refractivity contribution in [2.45, 2.75) is 23.9 Å². The number of rotatable bonds is 7. The number of thioether (sulfide) groups is 1. The fourth-order valence-electron chi connectivity index (χ4n) is 3.76. The molecular formula is C18H18N6O7S2. The van der Waals surface area contributed by atoms with E-state index >= 15 is 0 Å². The Balaban J connectivity index is 1.53. The van der Waals surface area contributed by atoms with Crippen LogP contribution in [0.1, 0.15) is 18.2 Å². The molecule has 0 saturated carbocycles. The van der Waals surface area contributed by atoms with Gasteiger partial charge in [0, 0.05) is 16.7 Å². The molecule has 0 bridgehead atoms. The topological polar surface area (TPSA) is 185 Å². The molecule has 4 heterocycles. The van der Waals surface area contributed by atoms with Gasteiger partial charge in [0.25, 0.3) is 17.7 Å². The van der Waals surface area contributed by atoms with Crippen LogP contribution in [0.5, 0.6) is 0 Å². The van der Waals surface area contributed by atoms with E-state index in [0.717, 1.165) is 16.2 Å². The summed E-state index contributed by atoms with van der Waals surface area (Å²) in [6, 6.07) is -2.52. The molecule has 0 aliphatic carbocycles. The van der Waals surface area contributed by atoms with Crippen molar-refractivity contribution >= 4 is 51.9 Å². The largest absolute Gasteiger partial charge is 0.477 e. The van der Waals surface area contributed by atoms with E-state index in [0.29, 0.717) is 24.1 Å². The van der Waals surface area contributed by atoms with Gasteiger partial charge in [0.05, 0.1) is 19.3 Å². The van der Waals surface area contributed by atoms with Crippen molar-refractivity contribution in [3.8, 4) is 0 Å². The Morgan fingerprint density at radius 1 is 1.45 bits per heavy atom. The number of nitrogens with zero attached hydrogens (tertiary/aromatic N) is 4. The Morgan fingerprint density at radius 2 is 2.21 bits per heavy atom. The highest BCUT2D eigenvalue weighted by Gasteiger charge is 2.54. The number of hydroxylamine groups is 2. The minimum Gasteiger partial charge on any atom is -0.477 e. The summed E-state index contributed by atoms with van der Waals surface area (Å²) < 4.78 is 0. The Morgan fingerprint density at radius 3 is 2.79 bits per heavy atom. The first kappa shape index (κ1) is 22.9. The number of allylic oxidation sites excluding steroid dienone is 1. The van der Waals surface area contributed by atoms with Gasteiger partial charge in [0.15, 0.2) is 5.13 Å². The number of amides is 3. The number of carbonyl (C=O) groups is 4. The van der Waals surface area contributed by atoms with Crippen LogP contribution >= 0.6 is 23.1 Å². The highest BCUT2D eigenvalue weighted by molar-refractivity contribution is 8.00. The van der Waals surface area contributed by atoms with Gasteiger partial charge in [0.2, 0.25) is 6.04 Å². The van der Waals surface area contributed by atoms with Crippen molar-refractivity contribution in [3.63, 3.8) is 0 Å². The molecule has 15 heteroatoms. The molecule has 33 heavy (non-hydrogen) atoms. The van der Waals surface area contributed by atoms with E-state index in [2.05, 4.69) is 15.5 Å². The Hall–Kier alpha value is -3.30. The van der Waals surface area contributed by atoms with E-state index in [-0.39, 0.29) is 28.2 Å². The van der Waals surface area contributed by atoms with Crippen LogP contribution in [0.2, 0.25) is 0 Å². The maximum absolute atomic E-state index is 12.8. The number of hydrogen-bond donors (Lipinski definition) is 3. The van der Waals surface area contributed by atoms with Crippen LogP contribution in [0, 0.1) is 4.91 Å². The Kier molecular flexibility index (Phi) is 6.18. The molecule has 0 aromatic carbocycles. The lowest BCUT2D eigenvalue weighted by atomic mass is 10.0. The first-order valence-corrected chi connectivity index (χ1v) is 11.5. The zero-order valence-corrected chi connectivity index (χ0v) is 18.7. The number of thiazole rings is 1. The quantitative estimate of drug-likeness (QED) is 0.264. The molecule has 13 nitrogen and oxygen atoms in total. The molecule has 1 aromatic rings. The van der Waals surface area contributed by atoms with Gasteiger partial charge < -0.3 is 16.2 Å². The second-order valence-corrected chi connectivity index (χ2v) is 9.20. The average Bonchev–Trinajstić information content (AvgIpc) is 3.37. The molecule has 2 fully saturated rings. The predicted molar refractivity (Wildman–Crippen MR) is 116 cm³/mol. The van der Waals surface area contributed by atoms with Crippen molar-refractivity contribution in [2.75, 3.05) is 25.1 Å². The van der Waals surface area contributed by atoms with E-state index in [1.165, 1.54) is 35.4 Å². The summed E-state index contributed by atoms with van der Waals surface area (Å²) in [5.41, 5.74) is 6.04. The minimum atomic E-state index is -1.49. The molecular weight excluding hydrogens is 476 g/mol. The van der Waals surface area contributed by atoms with Gasteiger partial charge in [-0.25, -0.2) is 14.8 Å². The normalized spacial score (nSPS) is 24.6. The molecule has 174 valence electrons. The lowest BCUT2D eigenvalue weighted by Gasteiger charge is -2.49. The maximum atomic E-state index is 12.8. The number of hydrogen-bond acceptors (Lipinski definition) is 11. The van der Waals surface area contributed by atoms with Gasteiger partial charge in [-0.15, -0.1) is 28.0 Å². The van der Waals surface area contributed by atoms with Gasteiger partial charge in [-0.2, -0.15) is 0 Å². The zero-order chi connectivity index (χ0) is 23.9. The highest BCUT2D eigenvalue weighted by Crippen LogP contribution is 2.41. The van der Waals surface area contributed by atoms with Gasteiger partial charge in [-0.05, 0) is 23.2 Å². The third-order valence-electron chi connectivity index (χ3n) is 5.33. The van der Waals surface area contributed by atoms with Crippen molar-refractivity contribution < 1.29 is 29.1 Å². The predicted octanol–water partition coefficient (Wildman–Crippen LogP) is -0.00850. The number of fused-ring (bicyclic) bond motifs is 1. The SMILES string of the molecule is CON1CCC(=CC2=C(C(=O)O)N3C(=O)[C@@H](NC(=O)C(N=O)c4csc(N)n4)[C@H]3SC2)C1=O. The van der Waals surface area contributed by atoms with Crippen LogP contribution < -0.4 is 11.1 Å².